The third-order valence-electron chi connectivity index (χ3n) is 8.37. The van der Waals surface area contributed by atoms with Crippen molar-refractivity contribution >= 4 is 35.0 Å². The Morgan fingerprint density at radius 2 is 1.55 bits per heavy atom. The molecule has 1 unspecified atom stereocenters. The molecule has 3 saturated heterocycles. The summed E-state index contributed by atoms with van der Waals surface area (Å²) in [5.41, 5.74) is 3.37. The number of nitrogens with zero attached hydrogens (tertiary/aromatic N) is 3. The average Bonchev–Trinajstić information content (AvgIpc) is 3.30. The minimum absolute atomic E-state index is 0.0717. The molecule has 0 bridgehead atoms. The lowest BCUT2D eigenvalue weighted by Crippen LogP contribution is -2.50. The molecule has 0 aliphatic carbocycles. The predicted molar refractivity (Wildman–Crippen MR) is 152 cm³/mol. The van der Waals surface area contributed by atoms with Gasteiger partial charge in [-0.1, -0.05) is 35.3 Å². The van der Waals surface area contributed by atoms with Crippen molar-refractivity contribution in [3.8, 4) is 11.1 Å². The van der Waals surface area contributed by atoms with Crippen LogP contribution in [0.5, 0.6) is 0 Å². The molecule has 8 heteroatoms. The van der Waals surface area contributed by atoms with Gasteiger partial charge in [-0.15, -0.1) is 0 Å². The fraction of sp³-hybridized carbons (Fsp3) is 0.533. The van der Waals surface area contributed by atoms with E-state index in [1.165, 1.54) is 0 Å². The van der Waals surface area contributed by atoms with Crippen LogP contribution in [-0.2, 0) is 16.0 Å². The standard InChI is InChI=1S/C30H37Cl2N3O3/c1-20(2)33-11-13-34(14-12-33)29(36)22-5-3-21(4-6-22)24-18-27(31)26(28(32)19-24)17-23-7-10-35(30(23)37)25-8-15-38-16-9-25/h3-6,18-20,23,25H,7-17H2,1-2H3. The molecule has 2 amide bonds. The number of hydrogen-bond acceptors (Lipinski definition) is 4. The van der Waals surface area contributed by atoms with E-state index in [0.717, 1.165) is 81.9 Å². The maximum atomic E-state index is 13.1. The molecule has 0 aromatic heterocycles. The van der Waals surface area contributed by atoms with Crippen molar-refractivity contribution < 1.29 is 14.3 Å². The summed E-state index contributed by atoms with van der Waals surface area (Å²) in [6, 6.07) is 12.3. The molecule has 5 rings (SSSR count). The van der Waals surface area contributed by atoms with Crippen molar-refractivity contribution in [1.29, 1.82) is 0 Å². The lowest BCUT2D eigenvalue weighted by molar-refractivity contribution is -0.134. The van der Waals surface area contributed by atoms with Crippen LogP contribution in [0.15, 0.2) is 36.4 Å². The molecular weight excluding hydrogens is 521 g/mol. The van der Waals surface area contributed by atoms with E-state index < -0.39 is 0 Å². The Morgan fingerprint density at radius 1 is 0.921 bits per heavy atom. The molecule has 3 fully saturated rings. The molecule has 3 heterocycles. The molecule has 1 atom stereocenters. The van der Waals surface area contributed by atoms with Gasteiger partial charge in [0.2, 0.25) is 5.91 Å². The Labute approximate surface area is 235 Å². The number of carbonyl (C=O) groups is 2. The summed E-state index contributed by atoms with van der Waals surface area (Å²) in [5, 5.41) is 1.15. The molecule has 0 spiro atoms. The molecule has 3 aliphatic rings. The monoisotopic (exact) mass is 557 g/mol. The average molecular weight is 559 g/mol. The number of benzene rings is 2. The van der Waals surface area contributed by atoms with Crippen molar-refractivity contribution in [1.82, 2.24) is 14.7 Å². The van der Waals surface area contributed by atoms with Crippen LogP contribution in [0.4, 0.5) is 0 Å². The van der Waals surface area contributed by atoms with Crippen LogP contribution in [-0.4, -0.2) is 84.5 Å². The van der Waals surface area contributed by atoms with Gasteiger partial charge in [0.15, 0.2) is 0 Å². The Kier molecular flexibility index (Phi) is 8.63. The van der Waals surface area contributed by atoms with Crippen LogP contribution in [0.25, 0.3) is 11.1 Å². The van der Waals surface area contributed by atoms with Gasteiger partial charge in [0.1, 0.15) is 0 Å². The van der Waals surface area contributed by atoms with E-state index in [0.29, 0.717) is 28.1 Å². The molecule has 0 N–H and O–H groups in total. The second-order valence-corrected chi connectivity index (χ2v) is 11.8. The van der Waals surface area contributed by atoms with E-state index in [-0.39, 0.29) is 23.8 Å². The Bertz CT molecular complexity index is 1130. The number of rotatable bonds is 6. The summed E-state index contributed by atoms with van der Waals surface area (Å²) in [7, 11) is 0. The molecule has 6 nitrogen and oxygen atoms in total. The number of piperazine rings is 1. The number of ether oxygens (including phenoxy) is 1. The molecule has 0 saturated carbocycles. The first kappa shape index (κ1) is 27.4. The largest absolute Gasteiger partial charge is 0.381 e. The zero-order valence-electron chi connectivity index (χ0n) is 22.3. The topological polar surface area (TPSA) is 53.1 Å². The van der Waals surface area contributed by atoms with Crippen LogP contribution >= 0.6 is 23.2 Å². The van der Waals surface area contributed by atoms with E-state index >= 15 is 0 Å². The van der Waals surface area contributed by atoms with Crippen LogP contribution in [0.1, 0.15) is 49.0 Å². The van der Waals surface area contributed by atoms with Crippen molar-refractivity contribution in [3.63, 3.8) is 0 Å². The minimum Gasteiger partial charge on any atom is -0.381 e. The second kappa shape index (κ2) is 12.0. The fourth-order valence-corrected chi connectivity index (χ4v) is 6.59. The van der Waals surface area contributed by atoms with E-state index in [1.54, 1.807) is 0 Å². The summed E-state index contributed by atoms with van der Waals surface area (Å²) in [6.45, 7) is 9.94. The molecule has 204 valence electrons. The second-order valence-electron chi connectivity index (χ2n) is 11.0. The van der Waals surface area contributed by atoms with Crippen molar-refractivity contribution in [3.05, 3.63) is 57.6 Å². The Hall–Kier alpha value is -2.12. The number of amides is 2. The van der Waals surface area contributed by atoms with Gasteiger partial charge in [-0.3, -0.25) is 14.5 Å². The van der Waals surface area contributed by atoms with Crippen LogP contribution in [0.3, 0.4) is 0 Å². The highest BCUT2D eigenvalue weighted by Gasteiger charge is 2.37. The van der Waals surface area contributed by atoms with Gasteiger partial charge in [-0.2, -0.15) is 0 Å². The molecule has 2 aromatic carbocycles. The Balaban J connectivity index is 1.24. The first-order chi connectivity index (χ1) is 18.3. The highest BCUT2D eigenvalue weighted by Crippen LogP contribution is 2.36. The molecule has 0 radical (unpaired) electrons. The minimum atomic E-state index is -0.0913. The first-order valence-electron chi connectivity index (χ1n) is 13.8. The normalized spacial score (nSPS) is 21.5. The van der Waals surface area contributed by atoms with Gasteiger partial charge >= 0.3 is 0 Å². The van der Waals surface area contributed by atoms with Gasteiger partial charge < -0.3 is 14.5 Å². The maximum absolute atomic E-state index is 13.1. The number of halogens is 2. The zero-order valence-corrected chi connectivity index (χ0v) is 23.8. The SMILES string of the molecule is CC(C)N1CCN(C(=O)c2ccc(-c3cc(Cl)c(CC4CCN(C5CCOCC5)C4=O)c(Cl)c3)cc2)CC1. The summed E-state index contributed by atoms with van der Waals surface area (Å²) >= 11 is 13.4. The third kappa shape index (κ3) is 5.89. The van der Waals surface area contributed by atoms with E-state index in [2.05, 4.69) is 18.7 Å². The lowest BCUT2D eigenvalue weighted by Gasteiger charge is -2.37. The van der Waals surface area contributed by atoms with Crippen molar-refractivity contribution in [2.45, 2.75) is 51.6 Å². The third-order valence-corrected chi connectivity index (χ3v) is 9.05. The summed E-state index contributed by atoms with van der Waals surface area (Å²) < 4.78 is 5.46. The van der Waals surface area contributed by atoms with Gasteiger partial charge in [0.25, 0.3) is 5.91 Å². The first-order valence-corrected chi connectivity index (χ1v) is 14.6. The van der Waals surface area contributed by atoms with Crippen molar-refractivity contribution in [2.24, 2.45) is 5.92 Å². The lowest BCUT2D eigenvalue weighted by atomic mass is 9.95. The number of likely N-dealkylation sites (tertiary alicyclic amines) is 1. The van der Waals surface area contributed by atoms with E-state index in [9.17, 15) is 9.59 Å². The predicted octanol–water partition coefficient (Wildman–Crippen LogP) is 5.40. The number of hydrogen-bond donors (Lipinski definition) is 0. The van der Waals surface area contributed by atoms with Crippen LogP contribution in [0.2, 0.25) is 10.0 Å². The summed E-state index contributed by atoms with van der Waals surface area (Å²) in [6.07, 6.45) is 3.20. The fourth-order valence-electron chi connectivity index (χ4n) is 5.95. The highest BCUT2D eigenvalue weighted by molar-refractivity contribution is 6.36. The molecule has 3 aliphatic heterocycles. The maximum Gasteiger partial charge on any atom is 0.253 e. The smallest absolute Gasteiger partial charge is 0.253 e. The van der Waals surface area contributed by atoms with Gasteiger partial charge in [0, 0.05) is 79.5 Å². The molecular formula is C30H37Cl2N3O3. The molecule has 38 heavy (non-hydrogen) atoms. The van der Waals surface area contributed by atoms with E-state index in [1.807, 2.05) is 46.2 Å². The van der Waals surface area contributed by atoms with Crippen LogP contribution in [0, 0.1) is 5.92 Å². The number of carbonyl (C=O) groups excluding carboxylic acids is 2. The summed E-state index contributed by atoms with van der Waals surface area (Å²) in [5.74, 6) is 0.188. The molecule has 2 aromatic rings. The quantitative estimate of drug-likeness (QED) is 0.477. The van der Waals surface area contributed by atoms with Gasteiger partial charge in [-0.05, 0) is 80.5 Å². The highest BCUT2D eigenvalue weighted by atomic mass is 35.5. The van der Waals surface area contributed by atoms with Gasteiger partial charge in [0.05, 0.1) is 0 Å². The Morgan fingerprint density at radius 3 is 2.16 bits per heavy atom. The summed E-state index contributed by atoms with van der Waals surface area (Å²) in [4.78, 5) is 32.5. The van der Waals surface area contributed by atoms with Crippen LogP contribution < -0.4 is 0 Å². The zero-order chi connectivity index (χ0) is 26.8. The van der Waals surface area contributed by atoms with Gasteiger partial charge in [-0.25, -0.2) is 0 Å². The van der Waals surface area contributed by atoms with E-state index in [4.69, 9.17) is 27.9 Å². The van der Waals surface area contributed by atoms with Crippen molar-refractivity contribution in [2.75, 3.05) is 45.9 Å².